The molecule has 0 bridgehead atoms. The largest absolute Gasteiger partial charge is 0.411 e. The molecule has 0 aromatic heterocycles. The monoisotopic (exact) mass is 228 g/mol. The molecule has 0 aliphatic carbocycles. The summed E-state index contributed by atoms with van der Waals surface area (Å²) in [5.74, 6) is 0. The first-order valence-electron chi connectivity index (χ1n) is 6.23. The maximum Gasteiger partial charge on any atom is 0.0435 e. The number of rotatable bonds is 11. The summed E-state index contributed by atoms with van der Waals surface area (Å²) >= 11 is 0. The summed E-state index contributed by atoms with van der Waals surface area (Å²) in [6, 6.07) is 0. The Labute approximate surface area is 98.0 Å². The Morgan fingerprint density at radius 1 is 0.562 bits per heavy atom. The topological polar surface area (TPSA) is 65.2 Å². The van der Waals surface area contributed by atoms with E-state index in [0.29, 0.717) is 0 Å². The van der Waals surface area contributed by atoms with Crippen LogP contribution < -0.4 is 0 Å². The molecule has 0 aliphatic rings. The summed E-state index contributed by atoms with van der Waals surface area (Å²) in [6.07, 6.45) is 14.7. The fourth-order valence-electron chi connectivity index (χ4n) is 1.65. The lowest BCUT2D eigenvalue weighted by Crippen LogP contribution is -1.83. The molecule has 0 spiro atoms. The highest BCUT2D eigenvalue weighted by molar-refractivity contribution is 5.56. The van der Waals surface area contributed by atoms with Gasteiger partial charge in [0.05, 0.1) is 0 Å². The van der Waals surface area contributed by atoms with Crippen LogP contribution in [-0.2, 0) is 0 Å². The van der Waals surface area contributed by atoms with Gasteiger partial charge in [0.2, 0.25) is 0 Å². The first-order chi connectivity index (χ1) is 7.91. The number of hydrogen-bond donors (Lipinski definition) is 2. The van der Waals surface area contributed by atoms with Gasteiger partial charge in [0.25, 0.3) is 0 Å². The molecule has 0 saturated carbocycles. The van der Waals surface area contributed by atoms with Gasteiger partial charge in [-0.2, -0.15) is 0 Å². The van der Waals surface area contributed by atoms with Crippen LogP contribution in [0, 0.1) is 0 Å². The molecule has 4 heteroatoms. The maximum atomic E-state index is 8.17. The molecule has 0 saturated heterocycles. The van der Waals surface area contributed by atoms with Gasteiger partial charge in [-0.05, 0) is 25.7 Å². The van der Waals surface area contributed by atoms with E-state index in [2.05, 4.69) is 10.3 Å². The van der Waals surface area contributed by atoms with E-state index >= 15 is 0 Å². The Morgan fingerprint density at radius 2 is 0.875 bits per heavy atom. The van der Waals surface area contributed by atoms with E-state index in [1.165, 1.54) is 38.5 Å². The summed E-state index contributed by atoms with van der Waals surface area (Å²) in [4.78, 5) is 0. The molecular formula is C12H24N2O2. The minimum atomic E-state index is 0.886. The van der Waals surface area contributed by atoms with Crippen LogP contribution in [0.25, 0.3) is 0 Å². The van der Waals surface area contributed by atoms with E-state index in [4.69, 9.17) is 10.4 Å². The molecule has 0 unspecified atom stereocenters. The van der Waals surface area contributed by atoms with Crippen LogP contribution in [0.1, 0.15) is 64.2 Å². The fourth-order valence-corrected chi connectivity index (χ4v) is 1.65. The van der Waals surface area contributed by atoms with E-state index in [1.54, 1.807) is 12.4 Å². The Balaban J connectivity index is 2.93. The smallest absolute Gasteiger partial charge is 0.0435 e. The van der Waals surface area contributed by atoms with Crippen molar-refractivity contribution in [2.45, 2.75) is 64.2 Å². The summed E-state index contributed by atoms with van der Waals surface area (Å²) in [6.45, 7) is 0. The van der Waals surface area contributed by atoms with Crippen LogP contribution in [0.4, 0.5) is 0 Å². The van der Waals surface area contributed by atoms with Crippen molar-refractivity contribution in [2.75, 3.05) is 0 Å². The highest BCUT2D eigenvalue weighted by Gasteiger charge is 1.91. The van der Waals surface area contributed by atoms with Gasteiger partial charge >= 0.3 is 0 Å². The van der Waals surface area contributed by atoms with Gasteiger partial charge in [0.15, 0.2) is 0 Å². The van der Waals surface area contributed by atoms with Crippen molar-refractivity contribution in [2.24, 2.45) is 10.3 Å². The summed E-state index contributed by atoms with van der Waals surface area (Å²) in [5.41, 5.74) is 0. The van der Waals surface area contributed by atoms with E-state index in [1.807, 2.05) is 0 Å². The highest BCUT2D eigenvalue weighted by Crippen LogP contribution is 2.09. The highest BCUT2D eigenvalue weighted by atomic mass is 16.4. The predicted molar refractivity (Wildman–Crippen MR) is 66.7 cm³/mol. The number of hydrogen-bond acceptors (Lipinski definition) is 4. The van der Waals surface area contributed by atoms with Crippen molar-refractivity contribution in [1.82, 2.24) is 0 Å². The molecule has 0 radical (unpaired) electrons. The quantitative estimate of drug-likeness (QED) is 0.244. The normalized spacial score (nSPS) is 11.8. The van der Waals surface area contributed by atoms with E-state index in [0.717, 1.165) is 25.7 Å². The van der Waals surface area contributed by atoms with Crippen LogP contribution in [0.5, 0.6) is 0 Å². The second-order valence-corrected chi connectivity index (χ2v) is 4.00. The lowest BCUT2D eigenvalue weighted by atomic mass is 10.1. The van der Waals surface area contributed by atoms with Crippen LogP contribution in [0.15, 0.2) is 10.3 Å². The maximum absolute atomic E-state index is 8.17. The van der Waals surface area contributed by atoms with Crippen LogP contribution in [-0.4, -0.2) is 22.8 Å². The predicted octanol–water partition coefficient (Wildman–Crippen LogP) is 3.81. The number of oxime groups is 2. The molecule has 0 aliphatic heterocycles. The molecular weight excluding hydrogens is 204 g/mol. The first kappa shape index (κ1) is 14.9. The van der Waals surface area contributed by atoms with E-state index in [-0.39, 0.29) is 0 Å². The molecule has 4 nitrogen and oxygen atoms in total. The lowest BCUT2D eigenvalue weighted by molar-refractivity contribution is 0.320. The third-order valence-corrected chi connectivity index (χ3v) is 2.58. The SMILES string of the molecule is ON=CCCCCCCCCCCC=NO. The Kier molecular flexibility index (Phi) is 13.0. The Morgan fingerprint density at radius 3 is 1.19 bits per heavy atom. The van der Waals surface area contributed by atoms with Gasteiger partial charge in [-0.1, -0.05) is 38.5 Å². The average Bonchev–Trinajstić information content (AvgIpc) is 2.31. The molecule has 0 aromatic carbocycles. The molecule has 0 aromatic rings. The second kappa shape index (κ2) is 13.9. The molecule has 0 amide bonds. The summed E-state index contributed by atoms with van der Waals surface area (Å²) < 4.78 is 0. The van der Waals surface area contributed by atoms with E-state index < -0.39 is 0 Å². The van der Waals surface area contributed by atoms with Gasteiger partial charge in [-0.25, -0.2) is 0 Å². The standard InChI is InChI=1S/C12H24N2O2/c15-13-11-9-7-5-3-1-2-4-6-8-10-12-14-16/h11-12,15-16H,1-10H2. The zero-order chi connectivity index (χ0) is 11.9. The van der Waals surface area contributed by atoms with Crippen LogP contribution in [0.2, 0.25) is 0 Å². The van der Waals surface area contributed by atoms with Crippen LogP contribution >= 0.6 is 0 Å². The third kappa shape index (κ3) is 12.9. The van der Waals surface area contributed by atoms with Crippen molar-refractivity contribution in [3.8, 4) is 0 Å². The third-order valence-electron chi connectivity index (χ3n) is 2.58. The Hall–Kier alpha value is -1.06. The molecule has 0 rings (SSSR count). The Bertz CT molecular complexity index is 162. The van der Waals surface area contributed by atoms with Gasteiger partial charge in [-0.15, -0.1) is 10.3 Å². The van der Waals surface area contributed by atoms with Gasteiger partial charge in [0, 0.05) is 12.4 Å². The zero-order valence-electron chi connectivity index (χ0n) is 10.0. The van der Waals surface area contributed by atoms with Crippen molar-refractivity contribution >= 4 is 12.4 Å². The number of nitrogens with zero attached hydrogens (tertiary/aromatic N) is 2. The molecule has 0 fully saturated rings. The van der Waals surface area contributed by atoms with Crippen molar-refractivity contribution in [3.63, 3.8) is 0 Å². The van der Waals surface area contributed by atoms with Crippen molar-refractivity contribution < 1.29 is 10.4 Å². The van der Waals surface area contributed by atoms with Gasteiger partial charge < -0.3 is 10.4 Å². The average molecular weight is 228 g/mol. The first-order valence-corrected chi connectivity index (χ1v) is 6.23. The van der Waals surface area contributed by atoms with Crippen molar-refractivity contribution in [3.05, 3.63) is 0 Å². The molecule has 16 heavy (non-hydrogen) atoms. The minimum Gasteiger partial charge on any atom is -0.411 e. The van der Waals surface area contributed by atoms with Crippen LogP contribution in [0.3, 0.4) is 0 Å². The van der Waals surface area contributed by atoms with Gasteiger partial charge in [-0.3, -0.25) is 0 Å². The zero-order valence-corrected chi connectivity index (χ0v) is 10.0. The number of unbranched alkanes of at least 4 members (excludes halogenated alkanes) is 9. The minimum absolute atomic E-state index is 0.886. The molecule has 94 valence electrons. The second-order valence-electron chi connectivity index (χ2n) is 4.00. The van der Waals surface area contributed by atoms with E-state index in [9.17, 15) is 0 Å². The molecule has 2 N–H and O–H groups in total. The molecule has 0 atom stereocenters. The fraction of sp³-hybridized carbons (Fsp3) is 0.833. The summed E-state index contributed by atoms with van der Waals surface area (Å²) in [5, 5.41) is 22.3. The lowest BCUT2D eigenvalue weighted by Gasteiger charge is -2.00. The molecule has 0 heterocycles. The van der Waals surface area contributed by atoms with Crippen molar-refractivity contribution in [1.29, 1.82) is 0 Å². The van der Waals surface area contributed by atoms with Gasteiger partial charge in [0.1, 0.15) is 0 Å². The summed E-state index contributed by atoms with van der Waals surface area (Å²) in [7, 11) is 0.